The molecule has 0 radical (unpaired) electrons. The Bertz CT molecular complexity index is 1280. The first-order valence-corrected chi connectivity index (χ1v) is 9.71. The molecule has 0 aliphatic carbocycles. The van der Waals surface area contributed by atoms with Gasteiger partial charge in [-0.25, -0.2) is 9.78 Å². The topological polar surface area (TPSA) is 120 Å². The summed E-state index contributed by atoms with van der Waals surface area (Å²) < 4.78 is 14.4. The lowest BCUT2D eigenvalue weighted by molar-refractivity contribution is -0.301. The number of carbonyl (C=O) groups is 1. The molecule has 0 spiro atoms. The zero-order chi connectivity index (χ0) is 20.9. The van der Waals surface area contributed by atoms with Crippen LogP contribution in [0.2, 0.25) is 5.02 Å². The summed E-state index contributed by atoms with van der Waals surface area (Å²) >= 11 is 7.25. The number of halogens is 1. The third kappa shape index (κ3) is 3.25. The van der Waals surface area contributed by atoms with Gasteiger partial charge in [-0.1, -0.05) is 23.4 Å². The van der Waals surface area contributed by atoms with Gasteiger partial charge in [-0.2, -0.15) is 0 Å². The van der Waals surface area contributed by atoms with E-state index in [4.69, 9.17) is 21.1 Å². The molecule has 0 saturated carbocycles. The number of carboxylic acids is 1. The van der Waals surface area contributed by atoms with Crippen LogP contribution in [0.15, 0.2) is 26.9 Å². The minimum Gasteiger partial charge on any atom is -0.549 e. The highest BCUT2D eigenvalue weighted by Crippen LogP contribution is 2.37. The van der Waals surface area contributed by atoms with E-state index in [1.807, 2.05) is 0 Å². The molecule has 0 saturated heterocycles. The number of aliphatic carboxylic acids is 1. The normalized spacial score (nSPS) is 12.7. The highest BCUT2D eigenvalue weighted by molar-refractivity contribution is 7.99. The molecule has 1 aromatic carbocycles. The number of fused-ring (bicyclic) bond motifs is 2. The maximum atomic E-state index is 12.8. The Balaban J connectivity index is 1.92. The largest absolute Gasteiger partial charge is 0.549 e. The minimum atomic E-state index is -1.28. The number of ether oxygens (including phenoxy) is 2. The third-order valence-corrected chi connectivity index (χ3v) is 5.80. The molecule has 0 atom stereocenters. The number of rotatable bonds is 5. The summed E-state index contributed by atoms with van der Waals surface area (Å²) in [6.45, 7) is 0.188. The van der Waals surface area contributed by atoms with Gasteiger partial charge in [0.2, 0.25) is 6.79 Å². The lowest BCUT2D eigenvalue weighted by atomic mass is 10.2. The highest BCUT2D eigenvalue weighted by Gasteiger charge is 2.22. The van der Waals surface area contributed by atoms with Crippen molar-refractivity contribution in [3.8, 4) is 11.5 Å². The van der Waals surface area contributed by atoms with E-state index in [0.717, 1.165) is 16.3 Å². The van der Waals surface area contributed by atoms with Crippen molar-refractivity contribution in [2.24, 2.45) is 14.1 Å². The van der Waals surface area contributed by atoms with E-state index >= 15 is 0 Å². The fourth-order valence-corrected chi connectivity index (χ4v) is 3.98. The molecule has 2 aromatic heterocycles. The number of thioether (sulfide) groups is 1. The lowest BCUT2D eigenvalue weighted by Gasteiger charge is -2.12. The highest BCUT2D eigenvalue weighted by atomic mass is 35.5. The van der Waals surface area contributed by atoms with E-state index in [1.165, 1.54) is 23.2 Å². The number of hydrogen-bond donors (Lipinski definition) is 0. The number of hydrogen-bond acceptors (Lipinski definition) is 8. The van der Waals surface area contributed by atoms with Crippen LogP contribution in [-0.4, -0.2) is 37.2 Å². The van der Waals surface area contributed by atoms with Gasteiger partial charge in [0.05, 0.1) is 12.5 Å². The fourth-order valence-electron chi connectivity index (χ4n) is 3.06. The molecular formula is C17H14ClN4O6S-. The van der Waals surface area contributed by atoms with Gasteiger partial charge in [-0.3, -0.25) is 13.9 Å². The predicted octanol–water partition coefficient (Wildman–Crippen LogP) is -0.294. The summed E-state index contributed by atoms with van der Waals surface area (Å²) in [7, 11) is 2.85. The van der Waals surface area contributed by atoms with Crippen LogP contribution in [-0.2, 0) is 25.4 Å². The molecule has 29 heavy (non-hydrogen) atoms. The van der Waals surface area contributed by atoms with Crippen molar-refractivity contribution in [2.45, 2.75) is 11.7 Å². The smallest absolute Gasteiger partial charge is 0.332 e. The van der Waals surface area contributed by atoms with Gasteiger partial charge < -0.3 is 23.9 Å². The second-order valence-corrected chi connectivity index (χ2v) is 7.67. The maximum Gasteiger partial charge on any atom is 0.332 e. The first-order valence-electron chi connectivity index (χ1n) is 8.35. The molecule has 1 aliphatic heterocycles. The molecule has 0 unspecified atom stereocenters. The molecular weight excluding hydrogens is 424 g/mol. The Kier molecular flexibility index (Phi) is 4.79. The van der Waals surface area contributed by atoms with Crippen LogP contribution in [0.1, 0.15) is 5.56 Å². The lowest BCUT2D eigenvalue weighted by Crippen LogP contribution is -2.37. The molecule has 12 heteroatoms. The average molecular weight is 438 g/mol. The molecule has 4 rings (SSSR count). The number of imidazole rings is 1. The molecule has 3 aromatic rings. The Labute approximate surface area is 172 Å². The van der Waals surface area contributed by atoms with Crippen LogP contribution in [0.5, 0.6) is 11.5 Å². The van der Waals surface area contributed by atoms with Gasteiger partial charge >= 0.3 is 5.69 Å². The molecule has 0 bridgehead atoms. The van der Waals surface area contributed by atoms with Gasteiger partial charge in [0.1, 0.15) is 0 Å². The quantitative estimate of drug-likeness (QED) is 0.499. The van der Waals surface area contributed by atoms with E-state index in [2.05, 4.69) is 4.98 Å². The van der Waals surface area contributed by atoms with E-state index in [-0.39, 0.29) is 35.4 Å². The summed E-state index contributed by atoms with van der Waals surface area (Å²) in [6.07, 6.45) is 0. The van der Waals surface area contributed by atoms with E-state index in [0.29, 0.717) is 22.1 Å². The standard InChI is InChI=1S/C17H15ClN4O6S/c1-20-14-13(15(25)21(2)17(20)26)22(16(19-14)29-6-12(23)24)5-8-3-10-11(4-9(8)18)28-7-27-10/h3-4H,5-7H2,1-2H3,(H,23,24)/p-1. The van der Waals surface area contributed by atoms with E-state index in [9.17, 15) is 19.5 Å². The van der Waals surface area contributed by atoms with Crippen LogP contribution in [0.4, 0.5) is 0 Å². The van der Waals surface area contributed by atoms with Crippen LogP contribution >= 0.6 is 23.4 Å². The number of carboxylic acid groups (broad SMARTS) is 1. The van der Waals surface area contributed by atoms with Crippen molar-refractivity contribution in [3.05, 3.63) is 43.6 Å². The van der Waals surface area contributed by atoms with Gasteiger partial charge in [0, 0.05) is 30.9 Å². The van der Waals surface area contributed by atoms with Crippen LogP contribution in [0, 0.1) is 0 Å². The second-order valence-electron chi connectivity index (χ2n) is 6.32. The van der Waals surface area contributed by atoms with Crippen LogP contribution < -0.4 is 25.8 Å². The van der Waals surface area contributed by atoms with Crippen molar-refractivity contribution in [2.75, 3.05) is 12.5 Å². The monoisotopic (exact) mass is 437 g/mol. The molecule has 0 fully saturated rings. The zero-order valence-corrected chi connectivity index (χ0v) is 16.9. The molecule has 0 amide bonds. The number of benzene rings is 1. The molecule has 0 N–H and O–H groups in total. The number of aromatic nitrogens is 4. The van der Waals surface area contributed by atoms with E-state index < -0.39 is 17.2 Å². The van der Waals surface area contributed by atoms with Crippen molar-refractivity contribution in [3.63, 3.8) is 0 Å². The second kappa shape index (κ2) is 7.16. The Morgan fingerprint density at radius 2 is 1.93 bits per heavy atom. The van der Waals surface area contributed by atoms with Crippen molar-refractivity contribution in [1.29, 1.82) is 0 Å². The first kappa shape index (κ1) is 19.4. The van der Waals surface area contributed by atoms with Crippen LogP contribution in [0.25, 0.3) is 11.2 Å². The fraction of sp³-hybridized carbons (Fsp3) is 0.294. The molecule has 1 aliphatic rings. The SMILES string of the molecule is Cn1c(=O)c2c(nc(SCC(=O)[O-])n2Cc2cc3c(cc2Cl)OCO3)n(C)c1=O. The van der Waals surface area contributed by atoms with Gasteiger partial charge in [-0.15, -0.1) is 0 Å². The molecule has 152 valence electrons. The Hall–Kier alpha value is -2.92. The summed E-state index contributed by atoms with van der Waals surface area (Å²) in [5, 5.41) is 11.6. The zero-order valence-electron chi connectivity index (χ0n) is 15.3. The average Bonchev–Trinajstić information content (AvgIpc) is 3.27. The van der Waals surface area contributed by atoms with E-state index in [1.54, 1.807) is 12.1 Å². The summed E-state index contributed by atoms with van der Waals surface area (Å²) in [4.78, 5) is 40.3. The maximum absolute atomic E-state index is 12.8. The van der Waals surface area contributed by atoms with Crippen molar-refractivity contribution >= 4 is 40.5 Å². The van der Waals surface area contributed by atoms with Crippen molar-refractivity contribution < 1.29 is 19.4 Å². The van der Waals surface area contributed by atoms with Gasteiger partial charge in [0.25, 0.3) is 5.56 Å². The number of carbonyl (C=O) groups excluding carboxylic acids is 1. The summed E-state index contributed by atoms with van der Waals surface area (Å²) in [5.74, 6) is -0.624. The molecule has 10 nitrogen and oxygen atoms in total. The first-order chi connectivity index (χ1) is 13.8. The van der Waals surface area contributed by atoms with Crippen molar-refractivity contribution in [1.82, 2.24) is 18.7 Å². The predicted molar refractivity (Wildman–Crippen MR) is 103 cm³/mol. The van der Waals surface area contributed by atoms with Gasteiger partial charge in [-0.05, 0) is 11.6 Å². The molecule has 3 heterocycles. The Morgan fingerprint density at radius 1 is 1.24 bits per heavy atom. The minimum absolute atomic E-state index is 0.0818. The summed E-state index contributed by atoms with van der Waals surface area (Å²) in [5.41, 5.74) is -0.168. The number of aryl methyl sites for hydroxylation is 1. The summed E-state index contributed by atoms with van der Waals surface area (Å²) in [6, 6.07) is 3.30. The Morgan fingerprint density at radius 3 is 2.62 bits per heavy atom. The van der Waals surface area contributed by atoms with Crippen LogP contribution in [0.3, 0.4) is 0 Å². The third-order valence-electron chi connectivity index (χ3n) is 4.50. The van der Waals surface area contributed by atoms with Gasteiger partial charge in [0.15, 0.2) is 27.8 Å². The number of nitrogens with zero attached hydrogens (tertiary/aromatic N) is 4.